The second kappa shape index (κ2) is 6.27. The van der Waals surface area contributed by atoms with Gasteiger partial charge in [0.05, 0.1) is 10.6 Å². The number of aryl methyl sites for hydroxylation is 1. The molecule has 2 rings (SSSR count). The van der Waals surface area contributed by atoms with Crippen LogP contribution in [0.15, 0.2) is 18.2 Å². The van der Waals surface area contributed by atoms with E-state index in [1.54, 1.807) is 18.0 Å². The summed E-state index contributed by atoms with van der Waals surface area (Å²) < 4.78 is 0. The Labute approximate surface area is 124 Å². The molecule has 1 fully saturated rings. The van der Waals surface area contributed by atoms with Gasteiger partial charge < -0.3 is 10.2 Å². The smallest absolute Gasteiger partial charge is 0.255 e. The van der Waals surface area contributed by atoms with E-state index in [4.69, 9.17) is 11.6 Å². The molecular weight excluding hydrogens is 276 g/mol. The molecule has 0 spiro atoms. The number of nitrogens with one attached hydrogen (secondary N) is 1. The number of rotatable bonds is 3. The summed E-state index contributed by atoms with van der Waals surface area (Å²) in [6.45, 7) is 3.19. The Kier molecular flexibility index (Phi) is 4.65. The molecule has 1 saturated heterocycles. The van der Waals surface area contributed by atoms with Gasteiger partial charge in [-0.25, -0.2) is 0 Å². The van der Waals surface area contributed by atoms with Crippen LogP contribution in [-0.2, 0) is 4.79 Å². The topological polar surface area (TPSA) is 49.4 Å². The van der Waals surface area contributed by atoms with Gasteiger partial charge in [0.15, 0.2) is 0 Å². The van der Waals surface area contributed by atoms with E-state index in [0.29, 0.717) is 30.1 Å². The van der Waals surface area contributed by atoms with Crippen molar-refractivity contribution < 1.29 is 9.59 Å². The van der Waals surface area contributed by atoms with Crippen molar-refractivity contribution in [2.24, 2.45) is 5.92 Å². The maximum atomic E-state index is 12.5. The van der Waals surface area contributed by atoms with Crippen LogP contribution in [0.1, 0.15) is 28.8 Å². The van der Waals surface area contributed by atoms with Crippen molar-refractivity contribution in [3.8, 4) is 0 Å². The van der Waals surface area contributed by atoms with E-state index in [1.165, 1.54) is 0 Å². The van der Waals surface area contributed by atoms with Crippen LogP contribution in [0.2, 0.25) is 5.02 Å². The van der Waals surface area contributed by atoms with E-state index in [0.717, 1.165) is 12.0 Å². The van der Waals surface area contributed by atoms with Crippen molar-refractivity contribution >= 4 is 23.4 Å². The van der Waals surface area contributed by atoms with E-state index in [2.05, 4.69) is 5.32 Å². The van der Waals surface area contributed by atoms with Crippen LogP contribution in [-0.4, -0.2) is 36.9 Å². The van der Waals surface area contributed by atoms with Crippen molar-refractivity contribution in [2.75, 3.05) is 20.1 Å². The molecule has 0 saturated carbocycles. The monoisotopic (exact) mass is 294 g/mol. The van der Waals surface area contributed by atoms with Gasteiger partial charge in [0, 0.05) is 26.6 Å². The van der Waals surface area contributed by atoms with Crippen LogP contribution >= 0.6 is 11.6 Å². The summed E-state index contributed by atoms with van der Waals surface area (Å²) in [6, 6.07) is 5.46. The van der Waals surface area contributed by atoms with Gasteiger partial charge >= 0.3 is 0 Å². The fourth-order valence-electron chi connectivity index (χ4n) is 2.61. The normalized spacial score (nSPS) is 18.1. The van der Waals surface area contributed by atoms with Crippen molar-refractivity contribution in [3.05, 3.63) is 34.3 Å². The van der Waals surface area contributed by atoms with Crippen LogP contribution in [0.25, 0.3) is 0 Å². The molecule has 0 bridgehead atoms. The van der Waals surface area contributed by atoms with Gasteiger partial charge in [-0.15, -0.1) is 0 Å². The van der Waals surface area contributed by atoms with E-state index in [1.807, 2.05) is 19.1 Å². The molecule has 1 atom stereocenters. The van der Waals surface area contributed by atoms with Gasteiger partial charge in [0.1, 0.15) is 0 Å². The first-order valence-electron chi connectivity index (χ1n) is 6.78. The van der Waals surface area contributed by atoms with Crippen molar-refractivity contribution in [1.29, 1.82) is 0 Å². The van der Waals surface area contributed by atoms with Crippen LogP contribution in [0.5, 0.6) is 0 Å². The first-order valence-corrected chi connectivity index (χ1v) is 7.15. The highest BCUT2D eigenvalue weighted by molar-refractivity contribution is 6.34. The zero-order valence-electron chi connectivity index (χ0n) is 11.8. The van der Waals surface area contributed by atoms with Gasteiger partial charge in [-0.05, 0) is 30.9 Å². The lowest BCUT2D eigenvalue weighted by Gasteiger charge is -2.18. The largest absolute Gasteiger partial charge is 0.359 e. The average molecular weight is 295 g/mol. The van der Waals surface area contributed by atoms with E-state index in [-0.39, 0.29) is 17.7 Å². The highest BCUT2D eigenvalue weighted by atomic mass is 35.5. The van der Waals surface area contributed by atoms with Gasteiger partial charge in [-0.3, -0.25) is 9.59 Å². The third-order valence-electron chi connectivity index (χ3n) is 3.76. The summed E-state index contributed by atoms with van der Waals surface area (Å²) in [6.07, 6.45) is 1.34. The number of benzene rings is 1. The lowest BCUT2D eigenvalue weighted by molar-refractivity contribution is -0.121. The number of nitrogens with zero attached hydrogens (tertiary/aromatic N) is 1. The number of hydrogen-bond donors (Lipinski definition) is 1. The van der Waals surface area contributed by atoms with Crippen LogP contribution in [0, 0.1) is 12.8 Å². The predicted molar refractivity (Wildman–Crippen MR) is 78.9 cm³/mol. The zero-order valence-corrected chi connectivity index (χ0v) is 12.5. The Morgan fingerprint density at radius 1 is 1.45 bits per heavy atom. The summed E-state index contributed by atoms with van der Waals surface area (Å²) in [4.78, 5) is 25.7. The number of amides is 2. The van der Waals surface area contributed by atoms with Crippen molar-refractivity contribution in [3.63, 3.8) is 0 Å². The Hall–Kier alpha value is -1.55. The second-order valence-electron chi connectivity index (χ2n) is 5.21. The van der Waals surface area contributed by atoms with Crippen molar-refractivity contribution in [1.82, 2.24) is 10.2 Å². The highest BCUT2D eigenvalue weighted by Gasteiger charge is 2.29. The van der Waals surface area contributed by atoms with Gasteiger partial charge in [0.2, 0.25) is 5.91 Å². The molecule has 1 aliphatic rings. The van der Waals surface area contributed by atoms with E-state index < -0.39 is 0 Å². The molecule has 108 valence electrons. The molecule has 0 aromatic heterocycles. The minimum absolute atomic E-state index is 0.0261. The highest BCUT2D eigenvalue weighted by Crippen LogP contribution is 2.26. The molecular formula is C15H19ClN2O2. The summed E-state index contributed by atoms with van der Waals surface area (Å²) in [5, 5.41) is 3.11. The number of hydrogen-bond acceptors (Lipinski definition) is 2. The first kappa shape index (κ1) is 14.9. The molecule has 0 unspecified atom stereocenters. The molecule has 0 radical (unpaired) electrons. The van der Waals surface area contributed by atoms with Crippen molar-refractivity contribution in [2.45, 2.75) is 19.8 Å². The van der Waals surface area contributed by atoms with E-state index in [9.17, 15) is 9.59 Å². The molecule has 1 aromatic carbocycles. The maximum absolute atomic E-state index is 12.5. The summed E-state index contributed by atoms with van der Waals surface area (Å²) in [5.74, 6) is 0.229. The van der Waals surface area contributed by atoms with Gasteiger partial charge in [-0.2, -0.15) is 0 Å². The number of carbonyl (C=O) groups excluding carboxylic acids is 2. The van der Waals surface area contributed by atoms with Gasteiger partial charge in [0.25, 0.3) is 5.91 Å². The summed E-state index contributed by atoms with van der Waals surface area (Å²) in [7, 11) is 1.63. The zero-order chi connectivity index (χ0) is 14.7. The Bertz CT molecular complexity index is 510. The molecule has 1 aliphatic heterocycles. The molecule has 5 heteroatoms. The van der Waals surface area contributed by atoms with Gasteiger partial charge in [-0.1, -0.05) is 23.7 Å². The minimum Gasteiger partial charge on any atom is -0.359 e. The molecule has 1 aromatic rings. The molecule has 20 heavy (non-hydrogen) atoms. The quantitative estimate of drug-likeness (QED) is 0.929. The Morgan fingerprint density at radius 2 is 2.20 bits per heavy atom. The first-order chi connectivity index (χ1) is 9.52. The SMILES string of the molecule is CNC(=O)C[C@H]1CCN(C(=O)c2c(C)cccc2Cl)C1. The summed E-state index contributed by atoms with van der Waals surface area (Å²) in [5.41, 5.74) is 1.46. The lowest BCUT2D eigenvalue weighted by Crippen LogP contribution is -2.30. The molecule has 2 amide bonds. The molecule has 1 N–H and O–H groups in total. The summed E-state index contributed by atoms with van der Waals surface area (Å²) >= 11 is 6.13. The number of halogens is 1. The molecule has 4 nitrogen and oxygen atoms in total. The molecule has 1 heterocycles. The second-order valence-corrected chi connectivity index (χ2v) is 5.62. The van der Waals surface area contributed by atoms with Crippen LogP contribution in [0.4, 0.5) is 0 Å². The average Bonchev–Trinajstić information content (AvgIpc) is 2.86. The number of carbonyl (C=O) groups is 2. The third kappa shape index (κ3) is 3.12. The Morgan fingerprint density at radius 3 is 2.85 bits per heavy atom. The maximum Gasteiger partial charge on any atom is 0.255 e. The predicted octanol–water partition coefficient (Wildman–Crippen LogP) is 2.25. The fourth-order valence-corrected chi connectivity index (χ4v) is 2.91. The standard InChI is InChI=1S/C15H19ClN2O2/c1-10-4-3-5-12(16)14(10)15(20)18-7-6-11(9-18)8-13(19)17-2/h3-5,11H,6-9H2,1-2H3,(H,17,19)/t11-/m1/s1. The number of likely N-dealkylation sites (tertiary alicyclic amines) is 1. The third-order valence-corrected chi connectivity index (χ3v) is 4.08. The lowest BCUT2D eigenvalue weighted by atomic mass is 10.0. The fraction of sp³-hybridized carbons (Fsp3) is 0.467. The Balaban J connectivity index is 2.06. The molecule has 0 aliphatic carbocycles. The van der Waals surface area contributed by atoms with Crippen LogP contribution in [0.3, 0.4) is 0 Å². The van der Waals surface area contributed by atoms with Crippen LogP contribution < -0.4 is 5.32 Å². The van der Waals surface area contributed by atoms with E-state index >= 15 is 0 Å². The minimum atomic E-state index is -0.0347.